The van der Waals surface area contributed by atoms with Crippen LogP contribution in [0.1, 0.15) is 21.7 Å². The van der Waals surface area contributed by atoms with E-state index in [1.807, 2.05) is 29.2 Å². The van der Waals surface area contributed by atoms with E-state index in [9.17, 15) is 4.79 Å². The molecule has 6 nitrogen and oxygen atoms in total. The fraction of sp³-hybridized carbons (Fsp3) is 0.150. The van der Waals surface area contributed by atoms with Gasteiger partial charge in [-0.05, 0) is 34.1 Å². The molecule has 0 aliphatic carbocycles. The Morgan fingerprint density at radius 1 is 1.26 bits per heavy atom. The van der Waals surface area contributed by atoms with E-state index in [1.165, 1.54) is 11.3 Å². The lowest BCUT2D eigenvalue weighted by atomic mass is 10.0. The lowest BCUT2D eigenvalue weighted by Crippen LogP contribution is -2.35. The minimum atomic E-state index is -0.121. The summed E-state index contributed by atoms with van der Waals surface area (Å²) < 4.78 is 6.39. The summed E-state index contributed by atoms with van der Waals surface area (Å²) in [6.07, 6.45) is 4.16. The molecule has 0 atom stereocenters. The molecule has 0 unspecified atom stereocenters. The SMILES string of the molecule is O=C(c1cc(-c2cccnc2)on1)N1CCc2[nH]c3c(Br)cccc3c2C1. The second-order valence-electron chi connectivity index (χ2n) is 6.54. The zero-order chi connectivity index (χ0) is 18.4. The summed E-state index contributed by atoms with van der Waals surface area (Å²) in [6, 6.07) is 11.5. The van der Waals surface area contributed by atoms with Gasteiger partial charge in [0.15, 0.2) is 11.5 Å². The molecule has 0 saturated heterocycles. The molecule has 7 heteroatoms. The zero-order valence-electron chi connectivity index (χ0n) is 14.3. The van der Waals surface area contributed by atoms with Crippen LogP contribution in [-0.4, -0.2) is 32.5 Å². The molecule has 1 amide bonds. The van der Waals surface area contributed by atoms with E-state index in [4.69, 9.17) is 4.52 Å². The molecule has 5 rings (SSSR count). The average Bonchev–Trinajstić information content (AvgIpc) is 3.34. The lowest BCUT2D eigenvalue weighted by molar-refractivity contribution is 0.0724. The smallest absolute Gasteiger partial charge is 0.276 e. The van der Waals surface area contributed by atoms with Crippen molar-refractivity contribution in [2.45, 2.75) is 13.0 Å². The van der Waals surface area contributed by atoms with Crippen LogP contribution in [0.3, 0.4) is 0 Å². The molecule has 1 aliphatic heterocycles. The first-order valence-corrected chi connectivity index (χ1v) is 9.44. The maximum absolute atomic E-state index is 12.9. The van der Waals surface area contributed by atoms with Crippen molar-refractivity contribution in [1.29, 1.82) is 0 Å². The summed E-state index contributed by atoms with van der Waals surface area (Å²) in [7, 11) is 0. The second kappa shape index (κ2) is 6.35. The Kier molecular flexibility index (Phi) is 3.82. The molecule has 134 valence electrons. The first-order chi connectivity index (χ1) is 13.2. The number of H-pyrrole nitrogens is 1. The molecule has 0 radical (unpaired) electrons. The average molecular weight is 423 g/mol. The summed E-state index contributed by atoms with van der Waals surface area (Å²) in [6.45, 7) is 1.20. The summed E-state index contributed by atoms with van der Waals surface area (Å²) in [4.78, 5) is 22.3. The highest BCUT2D eigenvalue weighted by molar-refractivity contribution is 9.10. The molecule has 0 fully saturated rings. The Bertz CT molecular complexity index is 1150. The molecule has 1 N–H and O–H groups in total. The van der Waals surface area contributed by atoms with E-state index >= 15 is 0 Å². The van der Waals surface area contributed by atoms with Gasteiger partial charge in [-0.1, -0.05) is 17.3 Å². The van der Waals surface area contributed by atoms with Crippen LogP contribution in [-0.2, 0) is 13.0 Å². The summed E-state index contributed by atoms with van der Waals surface area (Å²) >= 11 is 3.59. The van der Waals surface area contributed by atoms with Gasteiger partial charge in [-0.25, -0.2) is 0 Å². The van der Waals surface area contributed by atoms with Crippen LogP contribution in [0.25, 0.3) is 22.2 Å². The number of para-hydroxylation sites is 1. The maximum atomic E-state index is 12.9. The van der Waals surface area contributed by atoms with E-state index in [-0.39, 0.29) is 5.91 Å². The van der Waals surface area contributed by atoms with Gasteiger partial charge in [0.1, 0.15) is 0 Å². The van der Waals surface area contributed by atoms with Crippen LogP contribution in [0.4, 0.5) is 0 Å². The maximum Gasteiger partial charge on any atom is 0.276 e. The van der Waals surface area contributed by atoms with Gasteiger partial charge in [-0.15, -0.1) is 0 Å². The first-order valence-electron chi connectivity index (χ1n) is 8.65. The topological polar surface area (TPSA) is 75.0 Å². The quantitative estimate of drug-likeness (QED) is 0.525. The Labute approximate surface area is 163 Å². The normalized spacial score (nSPS) is 13.7. The molecular formula is C20H15BrN4O2. The van der Waals surface area contributed by atoms with E-state index < -0.39 is 0 Å². The number of pyridine rings is 1. The van der Waals surface area contributed by atoms with Gasteiger partial charge in [0, 0.05) is 64.7 Å². The summed E-state index contributed by atoms with van der Waals surface area (Å²) in [5.41, 5.74) is 4.56. The highest BCUT2D eigenvalue weighted by atomic mass is 79.9. The van der Waals surface area contributed by atoms with Crippen molar-refractivity contribution in [1.82, 2.24) is 20.0 Å². The van der Waals surface area contributed by atoms with Crippen molar-refractivity contribution < 1.29 is 9.32 Å². The molecule has 3 aromatic heterocycles. The molecule has 4 heterocycles. The minimum Gasteiger partial charge on any atom is -0.357 e. The number of nitrogens with zero attached hydrogens (tertiary/aromatic N) is 3. The number of aromatic nitrogens is 3. The number of rotatable bonds is 2. The number of carbonyl (C=O) groups excluding carboxylic acids is 1. The summed E-state index contributed by atoms with van der Waals surface area (Å²) in [5.74, 6) is 0.420. The van der Waals surface area contributed by atoms with Crippen molar-refractivity contribution in [2.24, 2.45) is 0 Å². The Balaban J connectivity index is 1.44. The van der Waals surface area contributed by atoms with Gasteiger partial charge in [0.25, 0.3) is 5.91 Å². The van der Waals surface area contributed by atoms with Crippen molar-refractivity contribution in [3.8, 4) is 11.3 Å². The van der Waals surface area contributed by atoms with E-state index in [1.54, 1.807) is 18.5 Å². The molecule has 4 aromatic rings. The molecule has 0 bridgehead atoms. The van der Waals surface area contributed by atoms with Gasteiger partial charge in [0.05, 0.1) is 5.52 Å². The standard InChI is InChI=1S/C20H15BrN4O2/c21-15-5-1-4-13-14-11-25(8-6-16(14)23-19(13)15)20(26)17-9-18(27-24-17)12-3-2-7-22-10-12/h1-5,7,9-10,23H,6,8,11H2. The molecule has 27 heavy (non-hydrogen) atoms. The van der Waals surface area contributed by atoms with Crippen LogP contribution in [0.15, 0.2) is 57.8 Å². The van der Waals surface area contributed by atoms with Gasteiger partial charge in [-0.2, -0.15) is 0 Å². The molecule has 0 spiro atoms. The Morgan fingerprint density at radius 2 is 2.19 bits per heavy atom. The number of nitrogens with one attached hydrogen (secondary N) is 1. The van der Waals surface area contributed by atoms with Crippen molar-refractivity contribution in [2.75, 3.05) is 6.54 Å². The Hall–Kier alpha value is -2.93. The molecule has 1 aliphatic rings. The third-order valence-corrected chi connectivity index (χ3v) is 5.58. The number of amides is 1. The van der Waals surface area contributed by atoms with Crippen molar-refractivity contribution >= 4 is 32.7 Å². The number of halogens is 1. The van der Waals surface area contributed by atoms with Crippen molar-refractivity contribution in [3.63, 3.8) is 0 Å². The van der Waals surface area contributed by atoms with Gasteiger partial charge < -0.3 is 14.4 Å². The number of benzene rings is 1. The number of hydrogen-bond acceptors (Lipinski definition) is 4. The monoisotopic (exact) mass is 422 g/mol. The van der Waals surface area contributed by atoms with E-state index in [2.05, 4.69) is 37.1 Å². The van der Waals surface area contributed by atoms with Crippen LogP contribution in [0.2, 0.25) is 0 Å². The van der Waals surface area contributed by atoms with Crippen molar-refractivity contribution in [3.05, 3.63) is 70.2 Å². The fourth-order valence-corrected chi connectivity index (χ4v) is 4.02. The third kappa shape index (κ3) is 2.75. The first kappa shape index (κ1) is 16.3. The van der Waals surface area contributed by atoms with E-state index in [0.29, 0.717) is 24.5 Å². The number of aromatic amines is 1. The van der Waals surface area contributed by atoms with E-state index in [0.717, 1.165) is 27.4 Å². The number of hydrogen-bond donors (Lipinski definition) is 1. The minimum absolute atomic E-state index is 0.121. The molecular weight excluding hydrogens is 408 g/mol. The predicted molar refractivity (Wildman–Crippen MR) is 104 cm³/mol. The number of fused-ring (bicyclic) bond motifs is 3. The predicted octanol–water partition coefficient (Wildman–Crippen LogP) is 4.18. The highest BCUT2D eigenvalue weighted by Crippen LogP contribution is 2.32. The molecule has 0 saturated carbocycles. The highest BCUT2D eigenvalue weighted by Gasteiger charge is 2.27. The van der Waals surface area contributed by atoms with Gasteiger partial charge >= 0.3 is 0 Å². The third-order valence-electron chi connectivity index (χ3n) is 4.92. The van der Waals surface area contributed by atoms with Crippen LogP contribution in [0.5, 0.6) is 0 Å². The van der Waals surface area contributed by atoms with Crippen LogP contribution >= 0.6 is 15.9 Å². The van der Waals surface area contributed by atoms with Gasteiger partial charge in [-0.3, -0.25) is 9.78 Å². The van der Waals surface area contributed by atoms with Crippen LogP contribution < -0.4 is 0 Å². The largest absolute Gasteiger partial charge is 0.357 e. The summed E-state index contributed by atoms with van der Waals surface area (Å²) in [5, 5.41) is 5.12. The van der Waals surface area contributed by atoms with Crippen LogP contribution in [0, 0.1) is 0 Å². The Morgan fingerprint density at radius 3 is 3.04 bits per heavy atom. The van der Waals surface area contributed by atoms with Gasteiger partial charge in [0.2, 0.25) is 0 Å². The lowest BCUT2D eigenvalue weighted by Gasteiger charge is -2.26. The fourth-order valence-electron chi connectivity index (χ4n) is 3.56. The zero-order valence-corrected chi connectivity index (χ0v) is 15.9. The molecule has 1 aromatic carbocycles. The number of carbonyl (C=O) groups is 1. The second-order valence-corrected chi connectivity index (χ2v) is 7.39.